The highest BCUT2D eigenvalue weighted by Gasteiger charge is 2.26. The monoisotopic (exact) mass is 340 g/mol. The van der Waals surface area contributed by atoms with Gasteiger partial charge in [-0.2, -0.15) is 0 Å². The fraction of sp³-hybridized carbons (Fsp3) is 0.625. The minimum atomic E-state index is 0.296. The number of benzene rings is 1. The van der Waals surface area contributed by atoms with Crippen LogP contribution in [0.15, 0.2) is 22.7 Å². The van der Waals surface area contributed by atoms with Crippen molar-refractivity contribution in [3.63, 3.8) is 0 Å². The Kier molecular flexibility index (Phi) is 5.87. The number of nitrogens with one attached hydrogen (secondary N) is 1. The van der Waals surface area contributed by atoms with Gasteiger partial charge in [0.1, 0.15) is 0 Å². The van der Waals surface area contributed by atoms with Crippen LogP contribution < -0.4 is 10.2 Å². The minimum absolute atomic E-state index is 0.296. The van der Waals surface area contributed by atoms with Crippen LogP contribution in [0.25, 0.3) is 0 Å². The molecule has 1 fully saturated rings. The zero-order chi connectivity index (χ0) is 14.5. The van der Waals surface area contributed by atoms with Gasteiger partial charge in [-0.15, -0.1) is 0 Å². The molecule has 0 spiro atoms. The number of hydrogen-bond acceptors (Lipinski definition) is 3. The number of aliphatic hydroxyl groups is 1. The van der Waals surface area contributed by atoms with Crippen molar-refractivity contribution in [2.75, 3.05) is 25.1 Å². The lowest BCUT2D eigenvalue weighted by Crippen LogP contribution is -2.31. The maximum atomic E-state index is 9.07. The molecule has 0 radical (unpaired) electrons. The Bertz CT molecular complexity index is 438. The topological polar surface area (TPSA) is 35.5 Å². The van der Waals surface area contributed by atoms with Crippen LogP contribution >= 0.6 is 15.9 Å². The molecule has 3 nitrogen and oxygen atoms in total. The first-order valence-electron chi connectivity index (χ1n) is 7.51. The molecule has 4 heteroatoms. The SMILES string of the molecule is CNC(C)c1cc(Br)ccc1N1CCCC1CCCO. The summed E-state index contributed by atoms with van der Waals surface area (Å²) >= 11 is 3.58. The summed E-state index contributed by atoms with van der Waals surface area (Å²) in [7, 11) is 2.00. The highest BCUT2D eigenvalue weighted by atomic mass is 79.9. The number of hydrogen-bond donors (Lipinski definition) is 2. The maximum Gasteiger partial charge on any atom is 0.0431 e. The van der Waals surface area contributed by atoms with E-state index in [0.717, 1.165) is 23.9 Å². The average molecular weight is 341 g/mol. The summed E-state index contributed by atoms with van der Waals surface area (Å²) in [6, 6.07) is 7.48. The first-order valence-corrected chi connectivity index (χ1v) is 8.31. The molecule has 20 heavy (non-hydrogen) atoms. The van der Waals surface area contributed by atoms with Crippen LogP contribution in [0.4, 0.5) is 5.69 Å². The van der Waals surface area contributed by atoms with Gasteiger partial charge >= 0.3 is 0 Å². The molecule has 1 aliphatic heterocycles. The third-order valence-electron chi connectivity index (χ3n) is 4.27. The van der Waals surface area contributed by atoms with Gasteiger partial charge in [-0.3, -0.25) is 0 Å². The van der Waals surface area contributed by atoms with E-state index in [2.05, 4.69) is 51.3 Å². The Balaban J connectivity index is 2.26. The fourth-order valence-electron chi connectivity index (χ4n) is 3.07. The molecule has 1 aliphatic rings. The van der Waals surface area contributed by atoms with Crippen LogP contribution in [-0.2, 0) is 0 Å². The summed E-state index contributed by atoms with van der Waals surface area (Å²) in [6.07, 6.45) is 4.47. The van der Waals surface area contributed by atoms with Gasteiger partial charge in [0.05, 0.1) is 0 Å². The van der Waals surface area contributed by atoms with Crippen molar-refractivity contribution in [3.8, 4) is 0 Å². The normalized spacial score (nSPS) is 20.4. The van der Waals surface area contributed by atoms with E-state index in [9.17, 15) is 0 Å². The summed E-state index contributed by atoms with van der Waals surface area (Å²) in [5, 5.41) is 12.4. The standard InChI is InChI=1S/C16H25BrN2O/c1-12(18-2)15-11-13(17)7-8-16(15)19-9-3-5-14(19)6-4-10-20/h7-8,11-12,14,18,20H,3-6,9-10H2,1-2H3. The van der Waals surface area contributed by atoms with Gasteiger partial charge in [0.2, 0.25) is 0 Å². The molecule has 2 unspecified atom stereocenters. The minimum Gasteiger partial charge on any atom is -0.396 e. The fourth-order valence-corrected chi connectivity index (χ4v) is 3.45. The Labute approximate surface area is 130 Å². The van der Waals surface area contributed by atoms with E-state index in [1.54, 1.807) is 0 Å². The molecule has 0 aliphatic carbocycles. The van der Waals surface area contributed by atoms with Crippen molar-refractivity contribution in [2.24, 2.45) is 0 Å². The second-order valence-corrected chi connectivity index (χ2v) is 6.48. The second kappa shape index (κ2) is 7.43. The molecule has 1 aromatic carbocycles. The lowest BCUT2D eigenvalue weighted by atomic mass is 10.0. The van der Waals surface area contributed by atoms with Crippen molar-refractivity contribution in [2.45, 2.75) is 44.7 Å². The molecular formula is C16H25BrN2O. The Morgan fingerprint density at radius 1 is 1.50 bits per heavy atom. The molecule has 0 aromatic heterocycles. The van der Waals surface area contributed by atoms with Gasteiger partial charge in [0.15, 0.2) is 0 Å². The summed E-state index contributed by atoms with van der Waals surface area (Å²) in [6.45, 7) is 3.62. The molecule has 0 bridgehead atoms. The van der Waals surface area contributed by atoms with Crippen molar-refractivity contribution >= 4 is 21.6 Å². The van der Waals surface area contributed by atoms with Crippen LogP contribution in [0.5, 0.6) is 0 Å². The van der Waals surface area contributed by atoms with E-state index >= 15 is 0 Å². The molecule has 2 rings (SSSR count). The predicted octanol–water partition coefficient (Wildman–Crippen LogP) is 3.47. The van der Waals surface area contributed by atoms with Crippen molar-refractivity contribution < 1.29 is 5.11 Å². The lowest BCUT2D eigenvalue weighted by Gasteiger charge is -2.30. The van der Waals surface area contributed by atoms with Gasteiger partial charge in [-0.25, -0.2) is 0 Å². The van der Waals surface area contributed by atoms with Crippen molar-refractivity contribution in [3.05, 3.63) is 28.2 Å². The molecule has 2 atom stereocenters. The van der Waals surface area contributed by atoms with E-state index in [-0.39, 0.29) is 0 Å². The van der Waals surface area contributed by atoms with E-state index in [0.29, 0.717) is 18.7 Å². The summed E-state index contributed by atoms with van der Waals surface area (Å²) in [5.74, 6) is 0. The molecule has 1 saturated heterocycles. The Morgan fingerprint density at radius 2 is 2.30 bits per heavy atom. The predicted molar refractivity (Wildman–Crippen MR) is 88.3 cm³/mol. The van der Waals surface area contributed by atoms with Crippen LogP contribution in [0, 0.1) is 0 Å². The van der Waals surface area contributed by atoms with Crippen LogP contribution in [-0.4, -0.2) is 31.3 Å². The molecular weight excluding hydrogens is 316 g/mol. The lowest BCUT2D eigenvalue weighted by molar-refractivity contribution is 0.279. The van der Waals surface area contributed by atoms with Crippen LogP contribution in [0.3, 0.4) is 0 Å². The van der Waals surface area contributed by atoms with Crippen molar-refractivity contribution in [1.82, 2.24) is 5.32 Å². The van der Waals surface area contributed by atoms with E-state index in [4.69, 9.17) is 5.11 Å². The highest BCUT2D eigenvalue weighted by Crippen LogP contribution is 2.35. The number of halogens is 1. The highest BCUT2D eigenvalue weighted by molar-refractivity contribution is 9.10. The van der Waals surface area contributed by atoms with Crippen LogP contribution in [0.2, 0.25) is 0 Å². The molecule has 2 N–H and O–H groups in total. The molecule has 1 heterocycles. The van der Waals surface area contributed by atoms with Gasteiger partial charge in [-0.05, 0) is 63.4 Å². The van der Waals surface area contributed by atoms with E-state index < -0.39 is 0 Å². The maximum absolute atomic E-state index is 9.07. The van der Waals surface area contributed by atoms with Gasteiger partial charge in [0, 0.05) is 35.4 Å². The third kappa shape index (κ3) is 3.54. The number of nitrogens with zero attached hydrogens (tertiary/aromatic N) is 1. The van der Waals surface area contributed by atoms with Crippen molar-refractivity contribution in [1.29, 1.82) is 0 Å². The first kappa shape index (κ1) is 15.8. The molecule has 1 aromatic rings. The quantitative estimate of drug-likeness (QED) is 0.832. The summed E-state index contributed by atoms with van der Waals surface area (Å²) in [4.78, 5) is 2.53. The van der Waals surface area contributed by atoms with Gasteiger partial charge in [-0.1, -0.05) is 15.9 Å². The summed E-state index contributed by atoms with van der Waals surface area (Å²) < 4.78 is 1.13. The van der Waals surface area contributed by atoms with Crippen LogP contribution in [0.1, 0.15) is 44.2 Å². The van der Waals surface area contributed by atoms with E-state index in [1.807, 2.05) is 7.05 Å². The zero-order valence-electron chi connectivity index (χ0n) is 12.4. The van der Waals surface area contributed by atoms with E-state index in [1.165, 1.54) is 24.1 Å². The average Bonchev–Trinajstić information content (AvgIpc) is 2.92. The number of anilines is 1. The molecule has 112 valence electrons. The second-order valence-electron chi connectivity index (χ2n) is 5.57. The first-order chi connectivity index (χ1) is 9.67. The smallest absolute Gasteiger partial charge is 0.0431 e. The number of aliphatic hydroxyl groups excluding tert-OH is 1. The van der Waals surface area contributed by atoms with Gasteiger partial charge in [0.25, 0.3) is 0 Å². The Hall–Kier alpha value is -0.580. The third-order valence-corrected chi connectivity index (χ3v) is 4.76. The van der Waals surface area contributed by atoms with Gasteiger partial charge < -0.3 is 15.3 Å². The number of rotatable bonds is 6. The largest absolute Gasteiger partial charge is 0.396 e. The molecule has 0 amide bonds. The molecule has 0 saturated carbocycles. The zero-order valence-corrected chi connectivity index (χ0v) is 14.0. The Morgan fingerprint density at radius 3 is 3.00 bits per heavy atom. The summed E-state index contributed by atoms with van der Waals surface area (Å²) in [5.41, 5.74) is 2.69.